The summed E-state index contributed by atoms with van der Waals surface area (Å²) in [6, 6.07) is 4.88. The topological polar surface area (TPSA) is 96.0 Å². The van der Waals surface area contributed by atoms with Gasteiger partial charge in [-0.1, -0.05) is 6.92 Å². The number of amides is 2. The number of anilines is 1. The number of hydrogen-bond acceptors (Lipinski definition) is 5. The lowest BCUT2D eigenvalue weighted by Gasteiger charge is -2.30. The van der Waals surface area contributed by atoms with Gasteiger partial charge >= 0.3 is 0 Å². The van der Waals surface area contributed by atoms with Crippen molar-refractivity contribution in [1.82, 2.24) is 9.80 Å². The van der Waals surface area contributed by atoms with E-state index in [1.807, 2.05) is 6.92 Å². The van der Waals surface area contributed by atoms with E-state index in [4.69, 9.17) is 4.74 Å². The lowest BCUT2D eigenvalue weighted by Crippen LogP contribution is -2.43. The van der Waals surface area contributed by atoms with Crippen LogP contribution in [0.15, 0.2) is 18.2 Å². The molecule has 2 rings (SSSR count). The molecular weight excluding hydrogens is 370 g/mol. The standard InChI is InChI=1S/C18H27N3O5S/c1-12-10-21(4)18(23)9-14-8-15(19-27(5,24)25)6-7-16(14)26-17(12)11-20(3)13(2)22/h6-8,12,17,19H,9-11H2,1-5H3/t12-,17-/m0/s1. The molecule has 0 fully saturated rings. The van der Waals surface area contributed by atoms with Gasteiger partial charge in [0.05, 0.1) is 19.2 Å². The van der Waals surface area contributed by atoms with Gasteiger partial charge in [-0.05, 0) is 18.2 Å². The van der Waals surface area contributed by atoms with Crippen LogP contribution in [0.3, 0.4) is 0 Å². The normalized spacial score (nSPS) is 20.6. The van der Waals surface area contributed by atoms with Crippen LogP contribution < -0.4 is 9.46 Å². The third-order valence-electron chi connectivity index (χ3n) is 4.60. The summed E-state index contributed by atoms with van der Waals surface area (Å²) in [4.78, 5) is 27.4. The SMILES string of the molecule is CC(=O)N(C)C[C@@H]1Oc2ccc(NS(C)(=O)=O)cc2CC(=O)N(C)C[C@@H]1C. The van der Waals surface area contributed by atoms with Crippen molar-refractivity contribution in [2.24, 2.45) is 5.92 Å². The van der Waals surface area contributed by atoms with E-state index in [1.165, 1.54) is 6.92 Å². The van der Waals surface area contributed by atoms with Crippen LogP contribution in [0.1, 0.15) is 19.4 Å². The highest BCUT2D eigenvalue weighted by atomic mass is 32.2. The molecule has 9 heteroatoms. The van der Waals surface area contributed by atoms with E-state index in [1.54, 1.807) is 42.1 Å². The largest absolute Gasteiger partial charge is 0.488 e. The van der Waals surface area contributed by atoms with Crippen LogP contribution in [0, 0.1) is 5.92 Å². The number of carbonyl (C=O) groups excluding carboxylic acids is 2. The zero-order chi connectivity index (χ0) is 20.4. The molecule has 0 saturated carbocycles. The molecule has 0 aliphatic carbocycles. The molecule has 0 aromatic heterocycles. The molecule has 8 nitrogen and oxygen atoms in total. The number of nitrogens with one attached hydrogen (secondary N) is 1. The number of fused-ring (bicyclic) bond motifs is 1. The number of carbonyl (C=O) groups is 2. The van der Waals surface area contributed by atoms with Gasteiger partial charge in [0.2, 0.25) is 21.8 Å². The second kappa shape index (κ2) is 8.16. The summed E-state index contributed by atoms with van der Waals surface area (Å²) in [7, 11) is 0.0118. The van der Waals surface area contributed by atoms with Crippen LogP contribution in [-0.4, -0.2) is 69.6 Å². The monoisotopic (exact) mass is 397 g/mol. The van der Waals surface area contributed by atoms with Crippen molar-refractivity contribution >= 4 is 27.5 Å². The van der Waals surface area contributed by atoms with Crippen LogP contribution in [0.5, 0.6) is 5.75 Å². The Morgan fingerprint density at radius 3 is 2.67 bits per heavy atom. The molecule has 1 N–H and O–H groups in total. The van der Waals surface area contributed by atoms with Gasteiger partial charge in [-0.3, -0.25) is 14.3 Å². The van der Waals surface area contributed by atoms with Crippen LogP contribution >= 0.6 is 0 Å². The summed E-state index contributed by atoms with van der Waals surface area (Å²) in [6.45, 7) is 4.36. The van der Waals surface area contributed by atoms with E-state index in [2.05, 4.69) is 4.72 Å². The van der Waals surface area contributed by atoms with Gasteiger partial charge in [-0.25, -0.2) is 8.42 Å². The van der Waals surface area contributed by atoms with Gasteiger partial charge in [-0.15, -0.1) is 0 Å². The lowest BCUT2D eigenvalue weighted by molar-refractivity contribution is -0.131. The number of likely N-dealkylation sites (N-methyl/N-ethyl adjacent to an activating group) is 2. The molecule has 2 amide bonds. The second-order valence-corrected chi connectivity index (χ2v) is 8.93. The Labute approximate surface area is 160 Å². The van der Waals surface area contributed by atoms with Gasteiger partial charge in [-0.2, -0.15) is 0 Å². The number of hydrogen-bond donors (Lipinski definition) is 1. The molecule has 2 atom stereocenters. The fourth-order valence-electron chi connectivity index (χ4n) is 2.95. The maximum atomic E-state index is 12.5. The first-order chi connectivity index (χ1) is 12.5. The fraction of sp³-hybridized carbons (Fsp3) is 0.556. The first-order valence-corrected chi connectivity index (χ1v) is 10.6. The minimum absolute atomic E-state index is 0.000483. The Morgan fingerprint density at radius 1 is 1.41 bits per heavy atom. The molecule has 150 valence electrons. The van der Waals surface area contributed by atoms with Crippen molar-refractivity contribution in [3.05, 3.63) is 23.8 Å². The molecule has 1 aliphatic rings. The van der Waals surface area contributed by atoms with E-state index in [-0.39, 0.29) is 30.3 Å². The van der Waals surface area contributed by atoms with Crippen molar-refractivity contribution in [3.8, 4) is 5.75 Å². The van der Waals surface area contributed by atoms with Crippen LogP contribution in [-0.2, 0) is 26.0 Å². The van der Waals surface area contributed by atoms with Crippen LogP contribution in [0.2, 0.25) is 0 Å². The molecule has 0 unspecified atom stereocenters. The highest BCUT2D eigenvalue weighted by molar-refractivity contribution is 7.92. The highest BCUT2D eigenvalue weighted by Crippen LogP contribution is 2.28. The maximum Gasteiger partial charge on any atom is 0.229 e. The van der Waals surface area contributed by atoms with E-state index in [0.717, 1.165) is 6.26 Å². The summed E-state index contributed by atoms with van der Waals surface area (Å²) >= 11 is 0. The van der Waals surface area contributed by atoms with Gasteiger partial charge < -0.3 is 14.5 Å². The Hall–Kier alpha value is -2.29. The maximum absolute atomic E-state index is 12.5. The molecule has 0 saturated heterocycles. The number of rotatable bonds is 4. The summed E-state index contributed by atoms with van der Waals surface area (Å²) in [5.74, 6) is 0.374. The Bertz CT molecular complexity index is 824. The fourth-order valence-corrected chi connectivity index (χ4v) is 3.51. The third-order valence-corrected chi connectivity index (χ3v) is 5.20. The molecule has 27 heavy (non-hydrogen) atoms. The molecule has 1 heterocycles. The smallest absolute Gasteiger partial charge is 0.229 e. The quantitative estimate of drug-likeness (QED) is 0.816. The molecule has 0 radical (unpaired) electrons. The molecule has 1 aromatic rings. The van der Waals surface area contributed by atoms with Crippen molar-refractivity contribution in [2.75, 3.05) is 38.2 Å². The predicted octanol–water partition coefficient (Wildman–Crippen LogP) is 0.934. The number of benzene rings is 1. The lowest BCUT2D eigenvalue weighted by atomic mass is 10.0. The summed E-state index contributed by atoms with van der Waals surface area (Å²) in [6.07, 6.45) is 0.867. The predicted molar refractivity (Wildman–Crippen MR) is 103 cm³/mol. The van der Waals surface area contributed by atoms with E-state index in [0.29, 0.717) is 30.1 Å². The van der Waals surface area contributed by atoms with Crippen molar-refractivity contribution in [3.63, 3.8) is 0 Å². The van der Waals surface area contributed by atoms with Crippen LogP contribution in [0.4, 0.5) is 5.69 Å². The number of sulfonamides is 1. The Balaban J connectivity index is 2.40. The minimum atomic E-state index is -3.43. The Morgan fingerprint density at radius 2 is 2.07 bits per heavy atom. The third kappa shape index (κ3) is 5.85. The van der Waals surface area contributed by atoms with Gasteiger partial charge in [0.1, 0.15) is 11.9 Å². The number of nitrogens with zero attached hydrogens (tertiary/aromatic N) is 2. The zero-order valence-electron chi connectivity index (χ0n) is 16.4. The van der Waals surface area contributed by atoms with E-state index >= 15 is 0 Å². The average molecular weight is 397 g/mol. The van der Waals surface area contributed by atoms with E-state index in [9.17, 15) is 18.0 Å². The van der Waals surface area contributed by atoms with Gasteiger partial charge in [0.25, 0.3) is 0 Å². The first kappa shape index (κ1) is 21.0. The second-order valence-electron chi connectivity index (χ2n) is 7.18. The summed E-state index contributed by atoms with van der Waals surface area (Å²) in [5.41, 5.74) is 0.977. The van der Waals surface area contributed by atoms with Gasteiger partial charge in [0.15, 0.2) is 0 Å². The average Bonchev–Trinajstić information content (AvgIpc) is 2.57. The van der Waals surface area contributed by atoms with Gasteiger partial charge in [0, 0.05) is 44.7 Å². The van der Waals surface area contributed by atoms with Crippen molar-refractivity contribution in [2.45, 2.75) is 26.4 Å². The number of ether oxygens (including phenoxy) is 1. The molecule has 1 aromatic carbocycles. The van der Waals surface area contributed by atoms with Crippen molar-refractivity contribution < 1.29 is 22.7 Å². The summed E-state index contributed by atoms with van der Waals surface area (Å²) < 4.78 is 31.6. The zero-order valence-corrected chi connectivity index (χ0v) is 17.2. The molecule has 0 bridgehead atoms. The van der Waals surface area contributed by atoms with Crippen molar-refractivity contribution in [1.29, 1.82) is 0 Å². The minimum Gasteiger partial charge on any atom is -0.488 e. The van der Waals surface area contributed by atoms with E-state index < -0.39 is 10.0 Å². The Kier molecular flexibility index (Phi) is 6.35. The summed E-state index contributed by atoms with van der Waals surface area (Å²) in [5, 5.41) is 0. The highest BCUT2D eigenvalue weighted by Gasteiger charge is 2.28. The van der Waals surface area contributed by atoms with Crippen LogP contribution in [0.25, 0.3) is 0 Å². The molecule has 1 aliphatic heterocycles. The molecule has 0 spiro atoms. The first-order valence-electron chi connectivity index (χ1n) is 8.69. The molecular formula is C18H27N3O5S.